The van der Waals surface area contributed by atoms with Gasteiger partial charge < -0.3 is 10.1 Å². The normalized spacial score (nSPS) is 9.90. The van der Waals surface area contributed by atoms with Crippen molar-refractivity contribution in [2.45, 2.75) is 13.5 Å². The molecule has 0 saturated heterocycles. The van der Waals surface area contributed by atoms with Gasteiger partial charge in [-0.15, -0.1) is 0 Å². The molecule has 2 aromatic carbocycles. The van der Waals surface area contributed by atoms with E-state index in [0.717, 1.165) is 12.2 Å². The number of anilines is 2. The minimum absolute atomic E-state index is 0.467. The molecule has 0 unspecified atom stereocenters. The highest BCUT2D eigenvalue weighted by Crippen LogP contribution is 2.15. The van der Waals surface area contributed by atoms with Crippen molar-refractivity contribution in [3.05, 3.63) is 59.7 Å². The SMILES string of the molecule is COC(=O)Nc1ccc(NCc2ccc(C)cc2)cc1. The lowest BCUT2D eigenvalue weighted by atomic mass is 10.1. The molecule has 0 aliphatic carbocycles. The number of rotatable bonds is 4. The quantitative estimate of drug-likeness (QED) is 0.888. The molecule has 0 fully saturated rings. The van der Waals surface area contributed by atoms with E-state index in [-0.39, 0.29) is 0 Å². The minimum Gasteiger partial charge on any atom is -0.453 e. The number of methoxy groups -OCH3 is 1. The number of ether oxygens (including phenoxy) is 1. The van der Waals surface area contributed by atoms with Crippen LogP contribution in [0.1, 0.15) is 11.1 Å². The molecule has 0 saturated carbocycles. The van der Waals surface area contributed by atoms with Gasteiger partial charge in [0.1, 0.15) is 0 Å². The number of hydrogen-bond donors (Lipinski definition) is 2. The topological polar surface area (TPSA) is 50.4 Å². The summed E-state index contributed by atoms with van der Waals surface area (Å²) in [6.45, 7) is 2.84. The van der Waals surface area contributed by atoms with E-state index in [1.54, 1.807) is 0 Å². The number of nitrogens with one attached hydrogen (secondary N) is 2. The zero-order valence-electron chi connectivity index (χ0n) is 11.6. The van der Waals surface area contributed by atoms with Crippen LogP contribution >= 0.6 is 0 Å². The number of carbonyl (C=O) groups is 1. The summed E-state index contributed by atoms with van der Waals surface area (Å²) in [5.41, 5.74) is 4.19. The van der Waals surface area contributed by atoms with Crippen molar-refractivity contribution in [1.82, 2.24) is 0 Å². The second-order valence-corrected chi connectivity index (χ2v) is 4.53. The average molecular weight is 270 g/mol. The third-order valence-corrected chi connectivity index (χ3v) is 2.93. The molecule has 0 radical (unpaired) electrons. The molecule has 20 heavy (non-hydrogen) atoms. The molecule has 1 amide bonds. The molecule has 4 nitrogen and oxygen atoms in total. The summed E-state index contributed by atoms with van der Waals surface area (Å²) < 4.78 is 4.53. The lowest BCUT2D eigenvalue weighted by molar-refractivity contribution is 0.187. The van der Waals surface area contributed by atoms with Crippen LogP contribution in [-0.2, 0) is 11.3 Å². The fourth-order valence-corrected chi connectivity index (χ4v) is 1.75. The van der Waals surface area contributed by atoms with Crippen molar-refractivity contribution in [3.63, 3.8) is 0 Å². The minimum atomic E-state index is -0.467. The van der Waals surface area contributed by atoms with Gasteiger partial charge in [0.15, 0.2) is 0 Å². The van der Waals surface area contributed by atoms with Crippen LogP contribution in [0.3, 0.4) is 0 Å². The Kier molecular flexibility index (Phi) is 4.60. The largest absolute Gasteiger partial charge is 0.453 e. The summed E-state index contributed by atoms with van der Waals surface area (Å²) in [7, 11) is 1.34. The van der Waals surface area contributed by atoms with Crippen LogP contribution in [-0.4, -0.2) is 13.2 Å². The van der Waals surface area contributed by atoms with Gasteiger partial charge in [-0.25, -0.2) is 4.79 Å². The van der Waals surface area contributed by atoms with Gasteiger partial charge in [0.2, 0.25) is 0 Å². The maximum atomic E-state index is 11.1. The van der Waals surface area contributed by atoms with E-state index < -0.39 is 6.09 Å². The van der Waals surface area contributed by atoms with Crippen LogP contribution in [0.25, 0.3) is 0 Å². The Morgan fingerprint density at radius 1 is 1.00 bits per heavy atom. The lowest BCUT2D eigenvalue weighted by Gasteiger charge is -2.08. The van der Waals surface area contributed by atoms with E-state index in [2.05, 4.69) is 46.6 Å². The van der Waals surface area contributed by atoms with Crippen molar-refractivity contribution in [3.8, 4) is 0 Å². The van der Waals surface area contributed by atoms with Gasteiger partial charge in [0.05, 0.1) is 7.11 Å². The monoisotopic (exact) mass is 270 g/mol. The highest BCUT2D eigenvalue weighted by molar-refractivity contribution is 5.84. The Morgan fingerprint density at radius 3 is 2.20 bits per heavy atom. The Bertz CT molecular complexity index is 562. The zero-order chi connectivity index (χ0) is 14.4. The van der Waals surface area contributed by atoms with Gasteiger partial charge in [0, 0.05) is 17.9 Å². The first-order valence-electron chi connectivity index (χ1n) is 6.42. The Labute approximate surface area is 118 Å². The van der Waals surface area contributed by atoms with Crippen LogP contribution in [0.5, 0.6) is 0 Å². The standard InChI is InChI=1S/C16H18N2O2/c1-12-3-5-13(6-4-12)11-17-14-7-9-15(10-8-14)18-16(19)20-2/h3-10,17H,11H2,1-2H3,(H,18,19). The molecule has 4 heteroatoms. The Morgan fingerprint density at radius 2 is 1.60 bits per heavy atom. The third kappa shape index (κ3) is 4.02. The van der Waals surface area contributed by atoms with Crippen LogP contribution in [0, 0.1) is 6.92 Å². The molecule has 104 valence electrons. The predicted molar refractivity (Wildman–Crippen MR) is 81.0 cm³/mol. The van der Waals surface area contributed by atoms with Crippen molar-refractivity contribution >= 4 is 17.5 Å². The molecule has 0 atom stereocenters. The van der Waals surface area contributed by atoms with E-state index in [9.17, 15) is 4.79 Å². The number of amides is 1. The maximum absolute atomic E-state index is 11.1. The van der Waals surface area contributed by atoms with Gasteiger partial charge in [-0.2, -0.15) is 0 Å². The van der Waals surface area contributed by atoms with Crippen LogP contribution in [0.15, 0.2) is 48.5 Å². The first-order chi connectivity index (χ1) is 9.67. The van der Waals surface area contributed by atoms with E-state index in [1.165, 1.54) is 18.2 Å². The summed E-state index contributed by atoms with van der Waals surface area (Å²) >= 11 is 0. The fraction of sp³-hybridized carbons (Fsp3) is 0.188. The van der Waals surface area contributed by atoms with Gasteiger partial charge in [-0.05, 0) is 36.8 Å². The summed E-state index contributed by atoms with van der Waals surface area (Å²) in [5.74, 6) is 0. The van der Waals surface area contributed by atoms with E-state index in [0.29, 0.717) is 5.69 Å². The van der Waals surface area contributed by atoms with E-state index in [1.807, 2.05) is 24.3 Å². The Balaban J connectivity index is 1.90. The first kappa shape index (κ1) is 13.9. The molecule has 2 N–H and O–H groups in total. The fourth-order valence-electron chi connectivity index (χ4n) is 1.75. The van der Waals surface area contributed by atoms with Crippen LogP contribution in [0.2, 0.25) is 0 Å². The van der Waals surface area contributed by atoms with Gasteiger partial charge in [-0.1, -0.05) is 29.8 Å². The zero-order valence-corrected chi connectivity index (χ0v) is 11.6. The highest BCUT2D eigenvalue weighted by Gasteiger charge is 2.00. The van der Waals surface area contributed by atoms with Crippen molar-refractivity contribution in [1.29, 1.82) is 0 Å². The number of benzene rings is 2. The van der Waals surface area contributed by atoms with Crippen LogP contribution in [0.4, 0.5) is 16.2 Å². The van der Waals surface area contributed by atoms with Gasteiger partial charge in [0.25, 0.3) is 0 Å². The van der Waals surface area contributed by atoms with Crippen LogP contribution < -0.4 is 10.6 Å². The molecule has 0 heterocycles. The highest BCUT2D eigenvalue weighted by atomic mass is 16.5. The third-order valence-electron chi connectivity index (χ3n) is 2.93. The molecule has 0 aromatic heterocycles. The molecule has 0 spiro atoms. The second kappa shape index (κ2) is 6.61. The summed E-state index contributed by atoms with van der Waals surface area (Å²) in [6, 6.07) is 15.9. The number of carbonyl (C=O) groups excluding carboxylic acids is 1. The predicted octanol–water partition coefficient (Wildman–Crippen LogP) is 3.79. The van der Waals surface area contributed by atoms with Crippen molar-refractivity contribution < 1.29 is 9.53 Å². The smallest absolute Gasteiger partial charge is 0.411 e. The molecule has 0 aliphatic heterocycles. The van der Waals surface area contributed by atoms with Gasteiger partial charge in [-0.3, -0.25) is 5.32 Å². The number of aryl methyl sites for hydroxylation is 1. The maximum Gasteiger partial charge on any atom is 0.411 e. The molecule has 2 rings (SSSR count). The molecule has 2 aromatic rings. The lowest BCUT2D eigenvalue weighted by Crippen LogP contribution is -2.10. The van der Waals surface area contributed by atoms with E-state index in [4.69, 9.17) is 0 Å². The van der Waals surface area contributed by atoms with Crippen molar-refractivity contribution in [2.24, 2.45) is 0 Å². The first-order valence-corrected chi connectivity index (χ1v) is 6.42. The summed E-state index contributed by atoms with van der Waals surface area (Å²) in [5, 5.41) is 5.94. The average Bonchev–Trinajstić information content (AvgIpc) is 2.48. The van der Waals surface area contributed by atoms with Crippen molar-refractivity contribution in [2.75, 3.05) is 17.7 Å². The van der Waals surface area contributed by atoms with Gasteiger partial charge >= 0.3 is 6.09 Å². The second-order valence-electron chi connectivity index (χ2n) is 4.53. The summed E-state index contributed by atoms with van der Waals surface area (Å²) in [6.07, 6.45) is -0.467. The molecule has 0 aliphatic rings. The number of hydrogen-bond acceptors (Lipinski definition) is 3. The molecular weight excluding hydrogens is 252 g/mol. The van der Waals surface area contributed by atoms with E-state index >= 15 is 0 Å². The Hall–Kier alpha value is -2.49. The summed E-state index contributed by atoms with van der Waals surface area (Å²) in [4.78, 5) is 11.1. The molecular formula is C16H18N2O2. The molecule has 0 bridgehead atoms.